The summed E-state index contributed by atoms with van der Waals surface area (Å²) in [7, 11) is 0. The highest BCUT2D eigenvalue weighted by Crippen LogP contribution is 2.25. The van der Waals surface area contributed by atoms with Gasteiger partial charge in [-0.05, 0) is 46.8 Å². The second-order valence-electron chi connectivity index (χ2n) is 6.12. The molecule has 0 atom stereocenters. The molecule has 6 heteroatoms. The first kappa shape index (κ1) is 16.5. The van der Waals surface area contributed by atoms with Gasteiger partial charge in [0.1, 0.15) is 11.4 Å². The molecule has 0 aliphatic rings. The zero-order valence-electron chi connectivity index (χ0n) is 13.5. The Morgan fingerprint density at radius 2 is 1.82 bits per heavy atom. The molecular formula is C16H20N2O3S. The standard InChI is InChI=1S/C16H20N2O3S/c1-10-6-11(2)8-12(7-10)14-17-18-15(20-14)22-9-13(19)21-16(3,4)5/h6-8H,9H2,1-5H3. The molecular weight excluding hydrogens is 300 g/mol. The van der Waals surface area contributed by atoms with Crippen molar-refractivity contribution in [2.75, 3.05) is 5.75 Å². The largest absolute Gasteiger partial charge is 0.459 e. The van der Waals surface area contributed by atoms with Gasteiger partial charge in [-0.2, -0.15) is 0 Å². The maximum Gasteiger partial charge on any atom is 0.316 e. The van der Waals surface area contributed by atoms with Crippen LogP contribution in [0.3, 0.4) is 0 Å². The lowest BCUT2D eigenvalue weighted by molar-refractivity contribution is -0.151. The van der Waals surface area contributed by atoms with Crippen LogP contribution in [0.25, 0.3) is 11.5 Å². The summed E-state index contributed by atoms with van der Waals surface area (Å²) < 4.78 is 10.8. The molecule has 1 heterocycles. The van der Waals surface area contributed by atoms with Gasteiger partial charge in [-0.25, -0.2) is 0 Å². The van der Waals surface area contributed by atoms with Crippen LogP contribution in [-0.4, -0.2) is 27.5 Å². The van der Waals surface area contributed by atoms with Crippen molar-refractivity contribution in [1.29, 1.82) is 0 Å². The Kier molecular flexibility index (Phi) is 4.90. The van der Waals surface area contributed by atoms with Gasteiger partial charge >= 0.3 is 5.97 Å². The molecule has 0 N–H and O–H groups in total. The summed E-state index contributed by atoms with van der Waals surface area (Å²) >= 11 is 1.18. The number of carbonyl (C=O) groups is 1. The Bertz CT molecular complexity index is 654. The van der Waals surface area contributed by atoms with Crippen LogP contribution in [0, 0.1) is 13.8 Å². The molecule has 0 bridgehead atoms. The predicted molar refractivity (Wildman–Crippen MR) is 85.8 cm³/mol. The number of hydrogen-bond acceptors (Lipinski definition) is 6. The van der Waals surface area contributed by atoms with Crippen molar-refractivity contribution in [3.63, 3.8) is 0 Å². The molecule has 0 saturated heterocycles. The minimum absolute atomic E-state index is 0.145. The number of aromatic nitrogens is 2. The molecule has 0 amide bonds. The third-order valence-corrected chi connectivity index (χ3v) is 3.40. The summed E-state index contributed by atoms with van der Waals surface area (Å²) in [5.74, 6) is 0.299. The molecule has 2 rings (SSSR count). The van der Waals surface area contributed by atoms with E-state index in [2.05, 4.69) is 16.3 Å². The third kappa shape index (κ3) is 4.87. The van der Waals surface area contributed by atoms with E-state index in [9.17, 15) is 4.79 Å². The number of thioether (sulfide) groups is 1. The molecule has 0 fully saturated rings. The van der Waals surface area contributed by atoms with Crippen molar-refractivity contribution in [3.8, 4) is 11.5 Å². The van der Waals surface area contributed by atoms with Crippen LogP contribution in [0.2, 0.25) is 0 Å². The first-order chi connectivity index (χ1) is 10.2. The Hall–Kier alpha value is -1.82. The molecule has 118 valence electrons. The van der Waals surface area contributed by atoms with Gasteiger partial charge in [0.25, 0.3) is 5.22 Å². The average molecular weight is 320 g/mol. The summed E-state index contributed by atoms with van der Waals surface area (Å²) in [4.78, 5) is 11.7. The first-order valence-electron chi connectivity index (χ1n) is 7.00. The number of carbonyl (C=O) groups excluding carboxylic acids is 1. The van der Waals surface area contributed by atoms with Gasteiger partial charge in [0, 0.05) is 5.56 Å². The lowest BCUT2D eigenvalue weighted by Gasteiger charge is -2.18. The molecule has 1 aromatic heterocycles. The quantitative estimate of drug-likeness (QED) is 0.631. The fourth-order valence-corrected chi connectivity index (χ4v) is 2.51. The fourth-order valence-electron chi connectivity index (χ4n) is 1.97. The maximum absolute atomic E-state index is 11.7. The van der Waals surface area contributed by atoms with Gasteiger partial charge in [0.2, 0.25) is 5.89 Å². The number of ether oxygens (including phenoxy) is 1. The van der Waals surface area contributed by atoms with Gasteiger partial charge in [0.05, 0.1) is 0 Å². The second kappa shape index (κ2) is 6.52. The smallest absolute Gasteiger partial charge is 0.316 e. The molecule has 0 unspecified atom stereocenters. The summed E-state index contributed by atoms with van der Waals surface area (Å²) in [5, 5.41) is 8.35. The molecule has 2 aromatic rings. The summed E-state index contributed by atoms with van der Waals surface area (Å²) in [6.07, 6.45) is 0. The number of aryl methyl sites for hydroxylation is 2. The SMILES string of the molecule is Cc1cc(C)cc(-c2nnc(SCC(=O)OC(C)(C)C)o2)c1. The van der Waals surface area contributed by atoms with Crippen molar-refractivity contribution in [1.82, 2.24) is 10.2 Å². The summed E-state index contributed by atoms with van der Waals surface area (Å²) in [6, 6.07) is 6.06. The van der Waals surface area contributed by atoms with Crippen LogP contribution in [0.5, 0.6) is 0 Å². The van der Waals surface area contributed by atoms with Crippen LogP contribution in [0.1, 0.15) is 31.9 Å². The lowest BCUT2D eigenvalue weighted by atomic mass is 10.1. The number of rotatable bonds is 4. The van der Waals surface area contributed by atoms with E-state index in [0.717, 1.165) is 16.7 Å². The number of hydrogen-bond donors (Lipinski definition) is 0. The van der Waals surface area contributed by atoms with Crippen molar-refractivity contribution in [3.05, 3.63) is 29.3 Å². The van der Waals surface area contributed by atoms with Crippen LogP contribution < -0.4 is 0 Å². The van der Waals surface area contributed by atoms with E-state index in [4.69, 9.17) is 9.15 Å². The van der Waals surface area contributed by atoms with Crippen LogP contribution in [-0.2, 0) is 9.53 Å². The topological polar surface area (TPSA) is 65.2 Å². The van der Waals surface area contributed by atoms with Gasteiger partial charge in [-0.1, -0.05) is 29.0 Å². The molecule has 1 aromatic carbocycles. The first-order valence-corrected chi connectivity index (χ1v) is 7.98. The summed E-state index contributed by atoms with van der Waals surface area (Å²) in [5.41, 5.74) is 2.66. The van der Waals surface area contributed by atoms with E-state index in [-0.39, 0.29) is 11.7 Å². The summed E-state index contributed by atoms with van der Waals surface area (Å²) in [6.45, 7) is 9.54. The monoisotopic (exact) mass is 320 g/mol. The van der Waals surface area contributed by atoms with Gasteiger partial charge in [0.15, 0.2) is 0 Å². The highest BCUT2D eigenvalue weighted by atomic mass is 32.2. The molecule has 0 saturated carbocycles. The molecule has 0 radical (unpaired) electrons. The highest BCUT2D eigenvalue weighted by Gasteiger charge is 2.18. The van der Waals surface area contributed by atoms with Crippen molar-refractivity contribution >= 4 is 17.7 Å². The zero-order chi connectivity index (χ0) is 16.3. The fraction of sp³-hybridized carbons (Fsp3) is 0.438. The molecule has 22 heavy (non-hydrogen) atoms. The lowest BCUT2D eigenvalue weighted by Crippen LogP contribution is -2.24. The van der Waals surface area contributed by atoms with E-state index < -0.39 is 5.60 Å². The second-order valence-corrected chi connectivity index (χ2v) is 7.05. The third-order valence-electron chi connectivity index (χ3n) is 2.61. The average Bonchev–Trinajstić information content (AvgIpc) is 2.82. The number of esters is 1. The Morgan fingerprint density at radius 3 is 2.41 bits per heavy atom. The van der Waals surface area contributed by atoms with E-state index in [1.807, 2.05) is 46.8 Å². The van der Waals surface area contributed by atoms with Crippen molar-refractivity contribution in [2.24, 2.45) is 0 Å². The molecule has 0 aliphatic carbocycles. The highest BCUT2D eigenvalue weighted by molar-refractivity contribution is 7.99. The number of benzene rings is 1. The number of nitrogens with zero attached hydrogens (tertiary/aromatic N) is 2. The Morgan fingerprint density at radius 1 is 1.18 bits per heavy atom. The van der Waals surface area contributed by atoms with Gasteiger partial charge in [-0.3, -0.25) is 4.79 Å². The van der Waals surface area contributed by atoms with Gasteiger partial charge < -0.3 is 9.15 Å². The molecule has 5 nitrogen and oxygen atoms in total. The van der Waals surface area contributed by atoms with Crippen LogP contribution in [0.4, 0.5) is 0 Å². The van der Waals surface area contributed by atoms with Crippen molar-refractivity contribution in [2.45, 2.75) is 45.4 Å². The minimum Gasteiger partial charge on any atom is -0.459 e. The van der Waals surface area contributed by atoms with Crippen LogP contribution in [0.15, 0.2) is 27.8 Å². The predicted octanol–water partition coefficient (Wildman–Crippen LogP) is 3.79. The van der Waals surface area contributed by atoms with Crippen LogP contribution >= 0.6 is 11.8 Å². The Labute approximate surface area is 134 Å². The van der Waals surface area contributed by atoms with Gasteiger partial charge in [-0.15, -0.1) is 10.2 Å². The van der Waals surface area contributed by atoms with E-state index in [0.29, 0.717) is 11.1 Å². The zero-order valence-corrected chi connectivity index (χ0v) is 14.3. The molecule has 0 spiro atoms. The van der Waals surface area contributed by atoms with E-state index >= 15 is 0 Å². The van der Waals surface area contributed by atoms with E-state index in [1.165, 1.54) is 11.8 Å². The van der Waals surface area contributed by atoms with E-state index in [1.54, 1.807) is 0 Å². The normalized spacial score (nSPS) is 11.5. The minimum atomic E-state index is -0.489. The molecule has 0 aliphatic heterocycles. The Balaban J connectivity index is 2.01. The van der Waals surface area contributed by atoms with Crippen molar-refractivity contribution < 1.29 is 13.9 Å². The maximum atomic E-state index is 11.7.